The second-order valence-corrected chi connectivity index (χ2v) is 6.34. The molecule has 4 bridgehead atoms. The fourth-order valence-corrected chi connectivity index (χ4v) is 3.07. The maximum Gasteiger partial charge on any atom is 0.169 e. The lowest BCUT2D eigenvalue weighted by atomic mass is 10.0. The van der Waals surface area contributed by atoms with Gasteiger partial charge < -0.3 is 18.9 Å². The molecule has 0 amide bonds. The van der Waals surface area contributed by atoms with E-state index in [1.807, 2.05) is 30.3 Å². The Morgan fingerprint density at radius 3 is 2.22 bits per heavy atom. The van der Waals surface area contributed by atoms with Gasteiger partial charge in [-0.2, -0.15) is 0 Å². The third-order valence-electron chi connectivity index (χ3n) is 4.60. The molecule has 2 heterocycles. The normalized spacial score (nSPS) is 16.4. The molecule has 0 spiro atoms. The van der Waals surface area contributed by atoms with Gasteiger partial charge in [0.05, 0.1) is 27.1 Å². The molecule has 2 aliphatic rings. The molecule has 5 nitrogen and oxygen atoms in total. The van der Waals surface area contributed by atoms with Crippen LogP contribution >= 0.6 is 0 Å². The molecule has 27 heavy (non-hydrogen) atoms. The average molecular weight is 368 g/mol. The zero-order valence-electron chi connectivity index (χ0n) is 15.9. The Kier molecular flexibility index (Phi) is 6.01. The topological polar surface area (TPSA) is 54.0 Å². The molecule has 0 radical (unpaired) electrons. The van der Waals surface area contributed by atoms with Gasteiger partial charge in [-0.25, -0.2) is 0 Å². The molecular weight excluding hydrogens is 344 g/mol. The molecule has 2 aromatic carbocycles. The third-order valence-corrected chi connectivity index (χ3v) is 4.60. The molecular formula is C22H24O5. The highest BCUT2D eigenvalue weighted by Gasteiger charge is 2.15. The van der Waals surface area contributed by atoms with Crippen molar-refractivity contribution in [2.75, 3.05) is 21.3 Å². The number of carbonyl (C=O) groups excluding carboxylic acids is 1. The highest BCUT2D eigenvalue weighted by Crippen LogP contribution is 2.38. The summed E-state index contributed by atoms with van der Waals surface area (Å²) in [4.78, 5) is 12.4. The average Bonchev–Trinajstić information content (AvgIpc) is 2.70. The van der Waals surface area contributed by atoms with E-state index in [4.69, 9.17) is 18.9 Å². The van der Waals surface area contributed by atoms with Crippen LogP contribution in [-0.4, -0.2) is 27.1 Å². The van der Waals surface area contributed by atoms with E-state index < -0.39 is 0 Å². The summed E-state index contributed by atoms with van der Waals surface area (Å²) in [7, 11) is 4.79. The van der Waals surface area contributed by atoms with Crippen LogP contribution in [0.3, 0.4) is 0 Å². The van der Waals surface area contributed by atoms with Crippen molar-refractivity contribution < 1.29 is 23.7 Å². The van der Waals surface area contributed by atoms with Crippen LogP contribution in [0.2, 0.25) is 0 Å². The minimum Gasteiger partial charge on any atom is -0.501 e. The van der Waals surface area contributed by atoms with Crippen molar-refractivity contribution in [3.63, 3.8) is 0 Å². The summed E-state index contributed by atoms with van der Waals surface area (Å²) in [5, 5.41) is 0. The summed E-state index contributed by atoms with van der Waals surface area (Å²) in [6.45, 7) is 0. The van der Waals surface area contributed by atoms with Gasteiger partial charge in [-0.15, -0.1) is 0 Å². The quantitative estimate of drug-likeness (QED) is 0.800. The molecule has 2 aromatic rings. The number of fused-ring (bicyclic) bond motifs is 7. The molecule has 0 atom stereocenters. The van der Waals surface area contributed by atoms with Crippen LogP contribution in [-0.2, 0) is 22.4 Å². The van der Waals surface area contributed by atoms with E-state index in [1.165, 1.54) is 0 Å². The van der Waals surface area contributed by atoms with E-state index in [0.29, 0.717) is 42.3 Å². The maximum atomic E-state index is 12.4. The number of hydrogen-bond donors (Lipinski definition) is 0. The van der Waals surface area contributed by atoms with Crippen molar-refractivity contribution in [3.8, 4) is 23.0 Å². The number of ketones is 1. The summed E-state index contributed by atoms with van der Waals surface area (Å²) < 4.78 is 22.3. The number of aryl methyl sites for hydroxylation is 2. The van der Waals surface area contributed by atoms with Gasteiger partial charge in [0.25, 0.3) is 0 Å². The first-order valence-corrected chi connectivity index (χ1v) is 8.92. The smallest absolute Gasteiger partial charge is 0.169 e. The molecule has 0 fully saturated rings. The second kappa shape index (κ2) is 8.62. The molecule has 0 aliphatic carbocycles. The molecule has 0 saturated carbocycles. The molecule has 2 aliphatic heterocycles. The maximum absolute atomic E-state index is 12.4. The van der Waals surface area contributed by atoms with E-state index in [2.05, 4.69) is 0 Å². The van der Waals surface area contributed by atoms with Crippen LogP contribution in [0.25, 0.3) is 0 Å². The van der Waals surface area contributed by atoms with Crippen molar-refractivity contribution >= 4 is 5.78 Å². The summed E-state index contributed by atoms with van der Waals surface area (Å²) in [5.74, 6) is 3.28. The fourth-order valence-electron chi connectivity index (χ4n) is 3.07. The van der Waals surface area contributed by atoms with Gasteiger partial charge in [-0.1, -0.05) is 12.1 Å². The van der Waals surface area contributed by atoms with Crippen molar-refractivity contribution in [2.24, 2.45) is 0 Å². The first-order valence-electron chi connectivity index (χ1n) is 8.92. The standard InChI is InChI=1S/C22H24O5/c1-24-19-11-6-15-4-9-18(10-5-15)27-22-12-16(7-8-17(23)13-19)20(25-2)14-21(22)26-3/h4-5,9-10,12-14H,6-8,11H2,1-3H3/b19-13+. The monoisotopic (exact) mass is 368 g/mol. The number of rotatable bonds is 3. The first-order chi connectivity index (χ1) is 13.1. The molecule has 142 valence electrons. The first kappa shape index (κ1) is 18.8. The van der Waals surface area contributed by atoms with Crippen LogP contribution in [0.15, 0.2) is 48.2 Å². The summed E-state index contributed by atoms with van der Waals surface area (Å²) in [6, 6.07) is 11.6. The van der Waals surface area contributed by atoms with Gasteiger partial charge in [0.15, 0.2) is 17.3 Å². The largest absolute Gasteiger partial charge is 0.501 e. The number of hydrogen-bond acceptors (Lipinski definition) is 5. The Bertz CT molecular complexity index is 837. The molecule has 0 saturated heterocycles. The molecule has 0 N–H and O–H groups in total. The fraction of sp³-hybridized carbons (Fsp3) is 0.318. The highest BCUT2D eigenvalue weighted by atomic mass is 16.5. The summed E-state index contributed by atoms with van der Waals surface area (Å²) >= 11 is 0. The molecule has 0 unspecified atom stereocenters. The lowest BCUT2D eigenvalue weighted by molar-refractivity contribution is -0.114. The van der Waals surface area contributed by atoms with Crippen LogP contribution in [0.4, 0.5) is 0 Å². The van der Waals surface area contributed by atoms with Crippen LogP contribution < -0.4 is 14.2 Å². The van der Waals surface area contributed by atoms with E-state index in [0.717, 1.165) is 23.3 Å². The van der Waals surface area contributed by atoms with Crippen molar-refractivity contribution in [1.82, 2.24) is 0 Å². The highest BCUT2D eigenvalue weighted by molar-refractivity contribution is 5.90. The SMILES string of the molecule is CO/C1=C/C(=O)CCc2cc(c(OC)cc2OC)Oc2ccc(cc2)CC1. The lowest BCUT2D eigenvalue weighted by Gasteiger charge is -2.15. The number of ether oxygens (including phenoxy) is 4. The van der Waals surface area contributed by atoms with Gasteiger partial charge in [0, 0.05) is 25.0 Å². The second-order valence-electron chi connectivity index (χ2n) is 6.34. The predicted molar refractivity (Wildman–Crippen MR) is 103 cm³/mol. The number of allylic oxidation sites excluding steroid dienone is 2. The van der Waals surface area contributed by atoms with Gasteiger partial charge in [-0.05, 0) is 42.2 Å². The zero-order valence-corrected chi connectivity index (χ0v) is 15.9. The Morgan fingerprint density at radius 1 is 0.815 bits per heavy atom. The van der Waals surface area contributed by atoms with E-state index in [1.54, 1.807) is 33.5 Å². The van der Waals surface area contributed by atoms with Crippen molar-refractivity contribution in [3.05, 3.63) is 59.4 Å². The predicted octanol–water partition coefficient (Wildman–Crippen LogP) is 4.47. The van der Waals surface area contributed by atoms with Gasteiger partial charge in [0.2, 0.25) is 0 Å². The van der Waals surface area contributed by atoms with E-state index >= 15 is 0 Å². The van der Waals surface area contributed by atoms with Crippen LogP contribution in [0, 0.1) is 0 Å². The summed E-state index contributed by atoms with van der Waals surface area (Å²) in [6.07, 6.45) is 3.96. The third kappa shape index (κ3) is 4.61. The van der Waals surface area contributed by atoms with E-state index in [-0.39, 0.29) is 5.78 Å². The Morgan fingerprint density at radius 2 is 1.56 bits per heavy atom. The lowest BCUT2D eigenvalue weighted by Crippen LogP contribution is -2.02. The van der Waals surface area contributed by atoms with Crippen molar-refractivity contribution in [1.29, 1.82) is 0 Å². The molecule has 4 rings (SSSR count). The van der Waals surface area contributed by atoms with Gasteiger partial charge in [-0.3, -0.25) is 4.79 Å². The number of carbonyl (C=O) groups is 1. The van der Waals surface area contributed by atoms with Gasteiger partial charge >= 0.3 is 0 Å². The van der Waals surface area contributed by atoms with Gasteiger partial charge in [0.1, 0.15) is 11.5 Å². The minimum absolute atomic E-state index is 0.0248. The Balaban J connectivity index is 2.03. The Hall–Kier alpha value is -2.95. The summed E-state index contributed by atoms with van der Waals surface area (Å²) in [5.41, 5.74) is 2.04. The van der Waals surface area contributed by atoms with Crippen LogP contribution in [0.1, 0.15) is 24.0 Å². The van der Waals surface area contributed by atoms with E-state index in [9.17, 15) is 4.79 Å². The van der Waals surface area contributed by atoms with Crippen LogP contribution in [0.5, 0.6) is 23.0 Å². The number of benzene rings is 2. The molecule has 5 heteroatoms. The number of methoxy groups -OCH3 is 3. The zero-order chi connectivity index (χ0) is 19.2. The minimum atomic E-state index is 0.0248. The Labute approximate surface area is 159 Å². The van der Waals surface area contributed by atoms with Crippen molar-refractivity contribution in [2.45, 2.75) is 25.7 Å². The molecule has 0 aromatic heterocycles.